The lowest BCUT2D eigenvalue weighted by atomic mass is 10.3. The standard InChI is InChI=1S/C13H12N6S.2ClH/c1-3-14-4-2-9(1)13-16-10(8-20-13)12-18-17-11-7-15-5-6-19(11)12;;/h1-4,8,15H,5-7H2;2*1H. The number of thiazole rings is 1. The average Bonchev–Trinajstić information content (AvgIpc) is 3.14. The Morgan fingerprint density at radius 1 is 1.14 bits per heavy atom. The lowest BCUT2D eigenvalue weighted by molar-refractivity contribution is 0.508. The van der Waals surface area contributed by atoms with Gasteiger partial charge in [-0.15, -0.1) is 46.3 Å². The van der Waals surface area contributed by atoms with Crippen molar-refractivity contribution in [3.05, 3.63) is 35.7 Å². The summed E-state index contributed by atoms with van der Waals surface area (Å²) in [5.74, 6) is 1.84. The Kier molecular flexibility index (Phi) is 5.47. The Morgan fingerprint density at radius 3 is 2.77 bits per heavy atom. The van der Waals surface area contributed by atoms with Gasteiger partial charge in [-0.2, -0.15) is 0 Å². The van der Waals surface area contributed by atoms with Crippen LogP contribution in [-0.4, -0.2) is 31.3 Å². The van der Waals surface area contributed by atoms with Crippen LogP contribution in [0.3, 0.4) is 0 Å². The predicted molar refractivity (Wildman–Crippen MR) is 90.6 cm³/mol. The number of rotatable bonds is 2. The van der Waals surface area contributed by atoms with Gasteiger partial charge in [0.1, 0.15) is 16.5 Å². The van der Waals surface area contributed by atoms with E-state index in [1.165, 1.54) is 0 Å². The first-order valence-corrected chi connectivity index (χ1v) is 7.29. The molecule has 3 aromatic rings. The number of nitrogens with zero attached hydrogens (tertiary/aromatic N) is 5. The number of nitrogens with one attached hydrogen (secondary N) is 1. The smallest absolute Gasteiger partial charge is 0.183 e. The van der Waals surface area contributed by atoms with Crippen LogP contribution < -0.4 is 5.32 Å². The average molecular weight is 357 g/mol. The third kappa shape index (κ3) is 2.98. The highest BCUT2D eigenvalue weighted by Crippen LogP contribution is 2.28. The Hall–Kier alpha value is -1.54. The summed E-state index contributed by atoms with van der Waals surface area (Å²) in [4.78, 5) is 8.71. The van der Waals surface area contributed by atoms with Crippen molar-refractivity contribution in [2.75, 3.05) is 6.54 Å². The third-order valence-electron chi connectivity index (χ3n) is 3.28. The summed E-state index contributed by atoms with van der Waals surface area (Å²) < 4.78 is 2.14. The number of hydrogen-bond acceptors (Lipinski definition) is 6. The lowest BCUT2D eigenvalue weighted by Crippen LogP contribution is -2.28. The molecule has 22 heavy (non-hydrogen) atoms. The zero-order valence-electron chi connectivity index (χ0n) is 11.5. The van der Waals surface area contributed by atoms with Crippen molar-refractivity contribution in [2.45, 2.75) is 13.1 Å². The summed E-state index contributed by atoms with van der Waals surface area (Å²) >= 11 is 1.62. The zero-order chi connectivity index (χ0) is 13.4. The quantitative estimate of drug-likeness (QED) is 0.763. The van der Waals surface area contributed by atoms with Gasteiger partial charge in [0, 0.05) is 36.4 Å². The molecule has 116 valence electrons. The molecule has 0 saturated heterocycles. The minimum absolute atomic E-state index is 0. The van der Waals surface area contributed by atoms with E-state index in [-0.39, 0.29) is 24.8 Å². The third-order valence-corrected chi connectivity index (χ3v) is 4.17. The maximum Gasteiger partial charge on any atom is 0.183 e. The molecule has 1 N–H and O–H groups in total. The summed E-state index contributed by atoms with van der Waals surface area (Å²) in [5, 5.41) is 14.8. The monoisotopic (exact) mass is 356 g/mol. The van der Waals surface area contributed by atoms with Gasteiger partial charge < -0.3 is 9.88 Å². The number of halogens is 2. The van der Waals surface area contributed by atoms with E-state index in [0.717, 1.165) is 47.5 Å². The van der Waals surface area contributed by atoms with Crippen molar-refractivity contribution >= 4 is 36.2 Å². The van der Waals surface area contributed by atoms with Gasteiger partial charge in [-0.05, 0) is 12.1 Å². The summed E-state index contributed by atoms with van der Waals surface area (Å²) in [6.07, 6.45) is 3.56. The van der Waals surface area contributed by atoms with E-state index in [0.29, 0.717) is 0 Å². The second kappa shape index (κ2) is 7.15. The number of hydrogen-bond donors (Lipinski definition) is 1. The lowest BCUT2D eigenvalue weighted by Gasteiger charge is -2.15. The molecule has 4 heterocycles. The van der Waals surface area contributed by atoms with Crippen LogP contribution in [0, 0.1) is 0 Å². The van der Waals surface area contributed by atoms with Gasteiger partial charge in [-0.1, -0.05) is 0 Å². The van der Waals surface area contributed by atoms with E-state index in [9.17, 15) is 0 Å². The molecule has 0 aromatic carbocycles. The Labute approximate surface area is 143 Å². The first-order valence-electron chi connectivity index (χ1n) is 6.41. The zero-order valence-corrected chi connectivity index (χ0v) is 13.9. The molecular weight excluding hydrogens is 343 g/mol. The molecule has 0 unspecified atom stereocenters. The van der Waals surface area contributed by atoms with Crippen molar-refractivity contribution in [3.8, 4) is 22.1 Å². The van der Waals surface area contributed by atoms with Crippen LogP contribution in [0.4, 0.5) is 0 Å². The SMILES string of the molecule is Cl.Cl.c1cc(-c2nc(-c3nnc4n3CCNC4)cs2)ccn1. The number of pyridine rings is 1. The summed E-state index contributed by atoms with van der Waals surface area (Å²) in [7, 11) is 0. The number of aromatic nitrogens is 5. The molecule has 0 aliphatic carbocycles. The van der Waals surface area contributed by atoms with Crippen molar-refractivity contribution in [1.82, 2.24) is 30.0 Å². The van der Waals surface area contributed by atoms with Gasteiger partial charge in [0.15, 0.2) is 5.82 Å². The van der Waals surface area contributed by atoms with E-state index in [1.807, 2.05) is 17.5 Å². The van der Waals surface area contributed by atoms with Crippen LogP contribution in [0.5, 0.6) is 0 Å². The fourth-order valence-electron chi connectivity index (χ4n) is 2.29. The maximum atomic E-state index is 4.68. The largest absolute Gasteiger partial charge is 0.308 e. The minimum Gasteiger partial charge on any atom is -0.308 e. The van der Waals surface area contributed by atoms with E-state index in [1.54, 1.807) is 23.7 Å². The maximum absolute atomic E-state index is 4.68. The summed E-state index contributed by atoms with van der Waals surface area (Å²) in [5.41, 5.74) is 1.97. The summed E-state index contributed by atoms with van der Waals surface area (Å²) in [6, 6.07) is 3.93. The first-order chi connectivity index (χ1) is 9.92. The molecule has 0 radical (unpaired) electrons. The molecule has 6 nitrogen and oxygen atoms in total. The van der Waals surface area contributed by atoms with Crippen LogP contribution in [0.15, 0.2) is 29.9 Å². The minimum atomic E-state index is 0. The molecule has 0 amide bonds. The van der Waals surface area contributed by atoms with Crippen LogP contribution in [0.25, 0.3) is 22.1 Å². The van der Waals surface area contributed by atoms with Gasteiger partial charge >= 0.3 is 0 Å². The molecule has 4 rings (SSSR count). The van der Waals surface area contributed by atoms with Gasteiger partial charge in [-0.25, -0.2) is 4.98 Å². The van der Waals surface area contributed by atoms with Gasteiger partial charge in [-0.3, -0.25) is 4.98 Å². The highest BCUT2D eigenvalue weighted by molar-refractivity contribution is 7.13. The molecule has 0 bridgehead atoms. The molecular formula is C13H14Cl2N6S. The second-order valence-corrected chi connectivity index (χ2v) is 5.40. The molecule has 1 aliphatic rings. The van der Waals surface area contributed by atoms with Gasteiger partial charge in [0.05, 0.1) is 6.54 Å². The van der Waals surface area contributed by atoms with E-state index >= 15 is 0 Å². The molecule has 1 aliphatic heterocycles. The van der Waals surface area contributed by atoms with Crippen LogP contribution in [0.2, 0.25) is 0 Å². The van der Waals surface area contributed by atoms with Crippen molar-refractivity contribution in [2.24, 2.45) is 0 Å². The van der Waals surface area contributed by atoms with E-state index < -0.39 is 0 Å². The highest BCUT2D eigenvalue weighted by Gasteiger charge is 2.18. The molecule has 0 atom stereocenters. The number of fused-ring (bicyclic) bond motifs is 1. The second-order valence-electron chi connectivity index (χ2n) is 4.54. The highest BCUT2D eigenvalue weighted by atomic mass is 35.5. The molecule has 0 saturated carbocycles. The molecule has 0 spiro atoms. The van der Waals surface area contributed by atoms with Gasteiger partial charge in [0.25, 0.3) is 0 Å². The van der Waals surface area contributed by atoms with Crippen molar-refractivity contribution in [1.29, 1.82) is 0 Å². The molecule has 9 heteroatoms. The van der Waals surface area contributed by atoms with E-state index in [2.05, 4.69) is 30.0 Å². The van der Waals surface area contributed by atoms with Crippen LogP contribution in [0.1, 0.15) is 5.82 Å². The van der Waals surface area contributed by atoms with Gasteiger partial charge in [0.2, 0.25) is 0 Å². The van der Waals surface area contributed by atoms with Crippen molar-refractivity contribution in [3.63, 3.8) is 0 Å². The predicted octanol–water partition coefficient (Wildman–Crippen LogP) is 2.41. The van der Waals surface area contributed by atoms with Crippen LogP contribution >= 0.6 is 36.2 Å². The summed E-state index contributed by atoms with van der Waals surface area (Å²) in [6.45, 7) is 2.60. The Balaban J connectivity index is 0.000000882. The fourth-order valence-corrected chi connectivity index (χ4v) is 3.09. The van der Waals surface area contributed by atoms with E-state index in [4.69, 9.17) is 0 Å². The van der Waals surface area contributed by atoms with Crippen LogP contribution in [-0.2, 0) is 13.1 Å². The molecule has 0 fully saturated rings. The normalized spacial score (nSPS) is 12.9. The molecule has 3 aromatic heterocycles. The fraction of sp³-hybridized carbons (Fsp3) is 0.231. The first kappa shape index (κ1) is 16.8. The Bertz CT molecular complexity index is 742. The van der Waals surface area contributed by atoms with Crippen molar-refractivity contribution < 1.29 is 0 Å². The Morgan fingerprint density at radius 2 is 1.95 bits per heavy atom. The topological polar surface area (TPSA) is 68.5 Å².